The molecule has 6 nitrogen and oxygen atoms in total. The van der Waals surface area contributed by atoms with Crippen molar-refractivity contribution < 1.29 is 13.4 Å². The highest BCUT2D eigenvalue weighted by Gasteiger charge is 2.34. The number of hydrogen-bond acceptors (Lipinski definition) is 4. The molecule has 1 aromatic carbocycles. The molecule has 0 atom stereocenters. The molecule has 0 radical (unpaired) electrons. The number of halogens is 2. The molecule has 0 unspecified atom stereocenters. The standard InChI is InChI=1S/C20H19F2N6/c1-27-10-14(11-27)13-2-3-16-15(8-13)19(26-25-16)17-9-18(24-12-23-17)28-6-4-20(21,22)5-7-28/h2-3,8-12H,4-7H2,1H3,(H,25,26)/q+1. The number of anilines is 1. The third kappa shape index (κ3) is 2.94. The van der Waals surface area contributed by atoms with Crippen molar-refractivity contribution in [3.8, 4) is 11.4 Å². The molecule has 1 fully saturated rings. The van der Waals surface area contributed by atoms with Gasteiger partial charge in [0.05, 0.1) is 11.2 Å². The third-order valence-corrected chi connectivity index (χ3v) is 5.30. The molecule has 8 heteroatoms. The fraction of sp³-hybridized carbons (Fsp3) is 0.300. The number of piperidine rings is 1. The Bertz CT molecular complexity index is 1120. The summed E-state index contributed by atoms with van der Waals surface area (Å²) in [6.07, 6.45) is 5.30. The van der Waals surface area contributed by atoms with E-state index in [2.05, 4.69) is 44.7 Å². The maximum Gasteiger partial charge on any atom is 0.251 e. The largest absolute Gasteiger partial charge is 0.356 e. The normalized spacial score (nSPS) is 18.6. The predicted octanol–water partition coefficient (Wildman–Crippen LogP) is 3.32. The van der Waals surface area contributed by atoms with Crippen LogP contribution in [0.1, 0.15) is 18.4 Å². The number of H-pyrrole nitrogens is 1. The number of aromatic amines is 1. The fourth-order valence-corrected chi connectivity index (χ4v) is 3.68. The minimum Gasteiger partial charge on any atom is -0.356 e. The van der Waals surface area contributed by atoms with E-state index in [-0.39, 0.29) is 25.9 Å². The van der Waals surface area contributed by atoms with Crippen molar-refractivity contribution in [2.24, 2.45) is 0 Å². The van der Waals surface area contributed by atoms with Crippen LogP contribution in [-0.2, 0) is 0 Å². The van der Waals surface area contributed by atoms with Crippen LogP contribution in [0.25, 0.3) is 27.9 Å². The molecule has 0 amide bonds. The zero-order valence-corrected chi connectivity index (χ0v) is 15.4. The van der Waals surface area contributed by atoms with Crippen molar-refractivity contribution in [3.05, 3.63) is 42.4 Å². The van der Waals surface area contributed by atoms with Crippen LogP contribution in [0.2, 0.25) is 0 Å². The number of nitrogens with one attached hydrogen (secondary N) is 1. The van der Waals surface area contributed by atoms with Crippen molar-refractivity contribution >= 4 is 28.5 Å². The van der Waals surface area contributed by atoms with Crippen molar-refractivity contribution in [3.63, 3.8) is 0 Å². The first-order chi connectivity index (χ1) is 13.5. The second-order valence-electron chi connectivity index (χ2n) is 7.32. The van der Waals surface area contributed by atoms with E-state index in [9.17, 15) is 8.78 Å². The van der Waals surface area contributed by atoms with Crippen LogP contribution >= 0.6 is 0 Å². The second-order valence-corrected chi connectivity index (χ2v) is 7.32. The van der Waals surface area contributed by atoms with E-state index in [1.165, 1.54) is 6.33 Å². The van der Waals surface area contributed by atoms with E-state index in [4.69, 9.17) is 0 Å². The van der Waals surface area contributed by atoms with Gasteiger partial charge in [-0.2, -0.15) is 5.10 Å². The summed E-state index contributed by atoms with van der Waals surface area (Å²) >= 11 is 0. The van der Waals surface area contributed by atoms with Gasteiger partial charge in [-0.3, -0.25) is 5.10 Å². The van der Waals surface area contributed by atoms with Gasteiger partial charge in [-0.15, -0.1) is 0 Å². The molecular weight excluding hydrogens is 362 g/mol. The van der Waals surface area contributed by atoms with E-state index >= 15 is 0 Å². The number of hydrogen-bond donors (Lipinski definition) is 1. The van der Waals surface area contributed by atoms with Gasteiger partial charge >= 0.3 is 0 Å². The zero-order valence-electron chi connectivity index (χ0n) is 15.4. The highest BCUT2D eigenvalue weighted by Crippen LogP contribution is 2.32. The molecule has 1 N–H and O–H groups in total. The number of rotatable bonds is 3. The number of allylic oxidation sites excluding steroid dienone is 1. The summed E-state index contributed by atoms with van der Waals surface area (Å²) in [5.41, 5.74) is 4.60. The summed E-state index contributed by atoms with van der Waals surface area (Å²) in [7, 11) is 1.99. The molecule has 0 spiro atoms. The molecule has 0 saturated carbocycles. The molecule has 2 aromatic heterocycles. The number of fused-ring (bicyclic) bond motifs is 1. The number of aromatic nitrogens is 4. The first kappa shape index (κ1) is 17.0. The summed E-state index contributed by atoms with van der Waals surface area (Å²) in [6, 6.07) is 7.98. The summed E-state index contributed by atoms with van der Waals surface area (Å²) in [6.45, 7) is 0.568. The Labute approximate surface area is 160 Å². The molecule has 1 saturated heterocycles. The Kier molecular flexibility index (Phi) is 3.75. The molecule has 2 aliphatic rings. The molecule has 0 bridgehead atoms. The lowest BCUT2D eigenvalue weighted by Gasteiger charge is -2.32. The first-order valence-electron chi connectivity index (χ1n) is 9.21. The predicted molar refractivity (Wildman–Crippen MR) is 104 cm³/mol. The lowest BCUT2D eigenvalue weighted by atomic mass is 10.0. The average Bonchev–Trinajstić information content (AvgIpc) is 3.09. The Hall–Kier alpha value is -3.16. The summed E-state index contributed by atoms with van der Waals surface area (Å²) < 4.78 is 28.9. The third-order valence-electron chi connectivity index (χ3n) is 5.30. The van der Waals surface area contributed by atoms with Crippen LogP contribution in [0.3, 0.4) is 0 Å². The molecule has 4 heterocycles. The minimum atomic E-state index is -2.58. The smallest absolute Gasteiger partial charge is 0.251 e. The molecule has 5 rings (SSSR count). The van der Waals surface area contributed by atoms with E-state index in [1.807, 2.05) is 28.7 Å². The zero-order chi connectivity index (χ0) is 19.3. The quantitative estimate of drug-likeness (QED) is 0.707. The highest BCUT2D eigenvalue weighted by molar-refractivity contribution is 6.11. The van der Waals surface area contributed by atoms with Crippen LogP contribution in [0.5, 0.6) is 0 Å². The molecule has 142 valence electrons. The first-order valence-corrected chi connectivity index (χ1v) is 9.21. The van der Waals surface area contributed by atoms with Gasteiger partial charge in [0.2, 0.25) is 0 Å². The van der Waals surface area contributed by atoms with Crippen molar-refractivity contribution in [2.45, 2.75) is 18.8 Å². The number of benzene rings is 1. The van der Waals surface area contributed by atoms with E-state index in [1.54, 1.807) is 0 Å². The van der Waals surface area contributed by atoms with Gasteiger partial charge in [0.1, 0.15) is 30.5 Å². The lowest BCUT2D eigenvalue weighted by molar-refractivity contribution is -0.423. The average molecular weight is 381 g/mol. The van der Waals surface area contributed by atoms with Crippen molar-refractivity contribution in [1.82, 2.24) is 20.2 Å². The minimum absolute atomic E-state index is 0.152. The molecule has 28 heavy (non-hydrogen) atoms. The van der Waals surface area contributed by atoms with Gasteiger partial charge in [-0.25, -0.2) is 23.3 Å². The van der Waals surface area contributed by atoms with Crippen LogP contribution in [0.15, 0.2) is 36.8 Å². The van der Waals surface area contributed by atoms with Gasteiger partial charge in [-0.05, 0) is 17.7 Å². The van der Waals surface area contributed by atoms with Crippen molar-refractivity contribution in [1.29, 1.82) is 0 Å². The topological polar surface area (TPSA) is 60.7 Å². The Balaban J connectivity index is 1.49. The van der Waals surface area contributed by atoms with Crippen LogP contribution < -0.4 is 4.90 Å². The maximum atomic E-state index is 13.4. The Morgan fingerprint density at radius 2 is 1.93 bits per heavy atom. The molecular formula is C20H19F2N6+. The highest BCUT2D eigenvalue weighted by atomic mass is 19.3. The van der Waals surface area contributed by atoms with Crippen LogP contribution in [0.4, 0.5) is 14.6 Å². The number of nitrogens with zero attached hydrogens (tertiary/aromatic N) is 5. The molecule has 2 aliphatic heterocycles. The summed E-state index contributed by atoms with van der Waals surface area (Å²) in [4.78, 5) is 10.5. The fourth-order valence-electron chi connectivity index (χ4n) is 3.68. The van der Waals surface area contributed by atoms with Gasteiger partial charge in [-0.1, -0.05) is 6.07 Å². The maximum absolute atomic E-state index is 13.4. The Morgan fingerprint density at radius 3 is 2.68 bits per heavy atom. The SMILES string of the molecule is C[N+]1=CC(c2ccc3[nH]nc(-c4cc(N5CCC(F)(F)CC5)ncn4)c3c2)=C1. The van der Waals surface area contributed by atoms with Gasteiger partial charge in [0, 0.05) is 37.4 Å². The molecule has 3 aromatic rings. The van der Waals surface area contributed by atoms with Gasteiger partial charge < -0.3 is 4.90 Å². The Morgan fingerprint density at radius 1 is 1.14 bits per heavy atom. The molecule has 0 aliphatic carbocycles. The van der Waals surface area contributed by atoms with Gasteiger partial charge in [0.15, 0.2) is 12.4 Å². The van der Waals surface area contributed by atoms with E-state index in [0.717, 1.165) is 27.7 Å². The lowest BCUT2D eigenvalue weighted by Crippen LogP contribution is -2.39. The van der Waals surface area contributed by atoms with Crippen molar-refractivity contribution in [2.75, 3.05) is 25.0 Å². The second kappa shape index (κ2) is 6.19. The van der Waals surface area contributed by atoms with Gasteiger partial charge in [0.25, 0.3) is 5.92 Å². The number of alkyl halides is 2. The van der Waals surface area contributed by atoms with Crippen LogP contribution in [-0.4, -0.2) is 57.0 Å². The summed E-state index contributed by atoms with van der Waals surface area (Å²) in [5.74, 6) is -1.92. The monoisotopic (exact) mass is 381 g/mol. The van der Waals surface area contributed by atoms with E-state index < -0.39 is 5.92 Å². The summed E-state index contributed by atoms with van der Waals surface area (Å²) in [5, 5.41) is 8.45. The van der Waals surface area contributed by atoms with Crippen LogP contribution in [0, 0.1) is 0 Å². The van der Waals surface area contributed by atoms with E-state index in [0.29, 0.717) is 11.5 Å².